The van der Waals surface area contributed by atoms with Gasteiger partial charge in [0.25, 0.3) is 5.91 Å². The van der Waals surface area contributed by atoms with Gasteiger partial charge < -0.3 is 15.4 Å². The lowest BCUT2D eigenvalue weighted by molar-refractivity contribution is -0.120. The molecule has 1 heterocycles. The fourth-order valence-electron chi connectivity index (χ4n) is 2.03. The second-order valence-corrected chi connectivity index (χ2v) is 6.19. The molecule has 2 rings (SSSR count). The van der Waals surface area contributed by atoms with Crippen LogP contribution in [0.25, 0.3) is 10.6 Å². The average Bonchev–Trinajstić information content (AvgIpc) is 2.99. The van der Waals surface area contributed by atoms with Gasteiger partial charge in [0.15, 0.2) is 0 Å². The first-order chi connectivity index (χ1) is 11.5. The number of aromatic nitrogens is 1. The van der Waals surface area contributed by atoms with Crippen LogP contribution in [0.2, 0.25) is 0 Å². The second kappa shape index (κ2) is 8.44. The van der Waals surface area contributed by atoms with Crippen LogP contribution in [0.5, 0.6) is 5.75 Å². The van der Waals surface area contributed by atoms with Crippen molar-refractivity contribution in [3.8, 4) is 16.3 Å². The van der Waals surface area contributed by atoms with Crippen molar-refractivity contribution in [3.05, 3.63) is 34.8 Å². The van der Waals surface area contributed by atoms with E-state index in [1.54, 1.807) is 14.0 Å². The summed E-state index contributed by atoms with van der Waals surface area (Å²) < 4.78 is 5.14. The van der Waals surface area contributed by atoms with Gasteiger partial charge >= 0.3 is 0 Å². The van der Waals surface area contributed by atoms with Crippen LogP contribution in [0.3, 0.4) is 0 Å². The van der Waals surface area contributed by atoms with E-state index in [-0.39, 0.29) is 18.4 Å². The van der Waals surface area contributed by atoms with E-state index in [0.717, 1.165) is 22.7 Å². The zero-order valence-corrected chi connectivity index (χ0v) is 14.8. The molecule has 0 fully saturated rings. The van der Waals surface area contributed by atoms with Crippen LogP contribution in [-0.2, 0) is 4.79 Å². The van der Waals surface area contributed by atoms with Crippen LogP contribution < -0.4 is 15.4 Å². The topological polar surface area (TPSA) is 80.3 Å². The van der Waals surface area contributed by atoms with Gasteiger partial charge in [-0.15, -0.1) is 11.3 Å². The highest BCUT2D eigenvalue weighted by Gasteiger charge is 2.16. The van der Waals surface area contributed by atoms with Crippen molar-refractivity contribution >= 4 is 23.2 Å². The number of hydrogen-bond acceptors (Lipinski definition) is 5. The molecule has 1 aromatic heterocycles. The molecule has 128 valence electrons. The Labute approximate surface area is 145 Å². The molecule has 0 aliphatic carbocycles. The quantitative estimate of drug-likeness (QED) is 0.806. The molecule has 24 heavy (non-hydrogen) atoms. The fraction of sp³-hybridized carbons (Fsp3) is 0.353. The van der Waals surface area contributed by atoms with Crippen LogP contribution in [0, 0.1) is 6.92 Å². The van der Waals surface area contributed by atoms with E-state index in [0.29, 0.717) is 17.1 Å². The molecule has 0 saturated heterocycles. The molecule has 0 bridgehead atoms. The molecule has 0 atom stereocenters. The summed E-state index contributed by atoms with van der Waals surface area (Å²) in [5.41, 5.74) is 1.57. The predicted molar refractivity (Wildman–Crippen MR) is 94.5 cm³/mol. The first-order valence-electron chi connectivity index (χ1n) is 7.72. The number of carbonyl (C=O) groups is 2. The monoisotopic (exact) mass is 347 g/mol. The summed E-state index contributed by atoms with van der Waals surface area (Å²) >= 11 is 1.31. The SMILES string of the molecule is CCCNC(=O)CNC(=O)c1sc(-c2ccc(OC)cc2)nc1C. The number of nitrogens with zero attached hydrogens (tertiary/aromatic N) is 1. The molecule has 2 amide bonds. The molecule has 0 saturated carbocycles. The summed E-state index contributed by atoms with van der Waals surface area (Å²) in [6, 6.07) is 7.50. The summed E-state index contributed by atoms with van der Waals surface area (Å²) in [4.78, 5) is 28.8. The number of ether oxygens (including phenoxy) is 1. The molecule has 0 aliphatic heterocycles. The molecule has 2 aromatic rings. The van der Waals surface area contributed by atoms with Crippen molar-refractivity contribution < 1.29 is 14.3 Å². The number of methoxy groups -OCH3 is 1. The largest absolute Gasteiger partial charge is 0.497 e. The third kappa shape index (κ3) is 4.55. The van der Waals surface area contributed by atoms with E-state index in [1.807, 2.05) is 31.2 Å². The number of carbonyl (C=O) groups excluding carboxylic acids is 2. The third-order valence-corrected chi connectivity index (χ3v) is 4.53. The van der Waals surface area contributed by atoms with Crippen molar-refractivity contribution in [1.29, 1.82) is 0 Å². The van der Waals surface area contributed by atoms with Crippen molar-refractivity contribution in [1.82, 2.24) is 15.6 Å². The number of aryl methyl sites for hydroxylation is 1. The first-order valence-corrected chi connectivity index (χ1v) is 8.53. The highest BCUT2D eigenvalue weighted by molar-refractivity contribution is 7.17. The minimum Gasteiger partial charge on any atom is -0.497 e. The zero-order chi connectivity index (χ0) is 17.5. The first kappa shape index (κ1) is 17.9. The van der Waals surface area contributed by atoms with E-state index < -0.39 is 0 Å². The summed E-state index contributed by atoms with van der Waals surface area (Å²) in [7, 11) is 1.61. The molecule has 1 aromatic carbocycles. The predicted octanol–water partition coefficient (Wildman–Crippen LogP) is 2.38. The highest BCUT2D eigenvalue weighted by Crippen LogP contribution is 2.29. The van der Waals surface area contributed by atoms with Crippen LogP contribution in [0.4, 0.5) is 0 Å². The number of thiazole rings is 1. The smallest absolute Gasteiger partial charge is 0.263 e. The molecule has 0 unspecified atom stereocenters. The Balaban J connectivity index is 2.04. The Morgan fingerprint density at radius 1 is 1.21 bits per heavy atom. The van der Waals surface area contributed by atoms with Crippen molar-refractivity contribution in [2.24, 2.45) is 0 Å². The molecule has 0 aliphatic rings. The van der Waals surface area contributed by atoms with Gasteiger partial charge in [-0.25, -0.2) is 4.98 Å². The van der Waals surface area contributed by atoms with E-state index in [9.17, 15) is 9.59 Å². The van der Waals surface area contributed by atoms with E-state index in [1.165, 1.54) is 11.3 Å². The van der Waals surface area contributed by atoms with Gasteiger partial charge in [0, 0.05) is 12.1 Å². The lowest BCUT2D eigenvalue weighted by Gasteiger charge is -2.05. The van der Waals surface area contributed by atoms with E-state index >= 15 is 0 Å². The van der Waals surface area contributed by atoms with Gasteiger partial charge in [0.1, 0.15) is 15.6 Å². The van der Waals surface area contributed by atoms with Crippen molar-refractivity contribution in [2.45, 2.75) is 20.3 Å². The molecular weight excluding hydrogens is 326 g/mol. The lowest BCUT2D eigenvalue weighted by Crippen LogP contribution is -2.37. The maximum Gasteiger partial charge on any atom is 0.263 e. The summed E-state index contributed by atoms with van der Waals surface area (Å²) in [5, 5.41) is 6.11. The Bertz CT molecular complexity index is 710. The Kier molecular flexibility index (Phi) is 6.31. The molecular formula is C17H21N3O3S. The van der Waals surface area contributed by atoms with Crippen LogP contribution in [-0.4, -0.2) is 37.0 Å². The number of rotatable bonds is 7. The standard InChI is InChI=1S/C17H21N3O3S/c1-4-9-18-14(21)10-19-16(22)15-11(2)20-17(24-15)12-5-7-13(23-3)8-6-12/h5-8H,4,9-10H2,1-3H3,(H,18,21)(H,19,22). The van der Waals surface area contributed by atoms with Gasteiger partial charge in [-0.05, 0) is 37.6 Å². The van der Waals surface area contributed by atoms with Gasteiger partial charge in [-0.3, -0.25) is 9.59 Å². The molecule has 7 heteroatoms. The minimum atomic E-state index is -0.281. The highest BCUT2D eigenvalue weighted by atomic mass is 32.1. The van der Waals surface area contributed by atoms with Gasteiger partial charge in [0.05, 0.1) is 19.3 Å². The maximum atomic E-state index is 12.2. The Hall–Kier alpha value is -2.41. The number of hydrogen-bond donors (Lipinski definition) is 2. The maximum absolute atomic E-state index is 12.2. The third-order valence-electron chi connectivity index (χ3n) is 3.32. The second-order valence-electron chi connectivity index (χ2n) is 5.19. The Morgan fingerprint density at radius 3 is 2.54 bits per heavy atom. The molecule has 0 radical (unpaired) electrons. The average molecular weight is 347 g/mol. The molecule has 6 nitrogen and oxygen atoms in total. The fourth-order valence-corrected chi connectivity index (χ4v) is 3.02. The minimum absolute atomic E-state index is 0.0337. The zero-order valence-electron chi connectivity index (χ0n) is 14.0. The van der Waals surface area contributed by atoms with Crippen molar-refractivity contribution in [3.63, 3.8) is 0 Å². The van der Waals surface area contributed by atoms with Gasteiger partial charge in [-0.2, -0.15) is 0 Å². The number of benzene rings is 1. The summed E-state index contributed by atoms with van der Waals surface area (Å²) in [6.07, 6.45) is 0.860. The lowest BCUT2D eigenvalue weighted by atomic mass is 10.2. The van der Waals surface area contributed by atoms with Crippen LogP contribution >= 0.6 is 11.3 Å². The molecule has 0 spiro atoms. The normalized spacial score (nSPS) is 10.3. The molecule has 2 N–H and O–H groups in total. The van der Waals surface area contributed by atoms with Crippen LogP contribution in [0.15, 0.2) is 24.3 Å². The van der Waals surface area contributed by atoms with E-state index in [2.05, 4.69) is 15.6 Å². The summed E-state index contributed by atoms with van der Waals surface area (Å²) in [5.74, 6) is 0.294. The van der Waals surface area contributed by atoms with Crippen molar-refractivity contribution in [2.75, 3.05) is 20.2 Å². The van der Waals surface area contributed by atoms with E-state index in [4.69, 9.17) is 4.74 Å². The van der Waals surface area contributed by atoms with Gasteiger partial charge in [0.2, 0.25) is 5.91 Å². The summed E-state index contributed by atoms with van der Waals surface area (Å²) in [6.45, 7) is 4.33. The number of amides is 2. The number of nitrogens with one attached hydrogen (secondary N) is 2. The Morgan fingerprint density at radius 2 is 1.92 bits per heavy atom. The van der Waals surface area contributed by atoms with Gasteiger partial charge in [-0.1, -0.05) is 6.92 Å². The van der Waals surface area contributed by atoms with Crippen LogP contribution in [0.1, 0.15) is 28.7 Å².